The molecule has 3 fully saturated rings. The van der Waals surface area contributed by atoms with Crippen LogP contribution in [0.5, 0.6) is 0 Å². The molecule has 3 aliphatic carbocycles. The fraction of sp³-hybridized carbons (Fsp3) is 0.141. The van der Waals surface area contributed by atoms with Gasteiger partial charge in [0.25, 0.3) is 5.91 Å². The first-order chi connectivity index (χ1) is 47.4. The zero-order valence-corrected chi connectivity index (χ0v) is 52.0. The van der Waals surface area contributed by atoms with Crippen LogP contribution in [-0.4, -0.2) is 101 Å². The normalized spacial score (nSPS) is 14.2. The zero-order chi connectivity index (χ0) is 68.5. The summed E-state index contributed by atoms with van der Waals surface area (Å²) < 4.78 is 56.5. The third kappa shape index (κ3) is 15.6. The van der Waals surface area contributed by atoms with E-state index in [9.17, 15) is 46.6 Å². The summed E-state index contributed by atoms with van der Waals surface area (Å²) in [4.78, 5) is 74.9. The molecule has 0 radical (unpaired) electrons. The smallest absolute Gasteiger partial charge is 0.256 e. The molecule has 3 aliphatic rings. The van der Waals surface area contributed by atoms with Gasteiger partial charge in [-0.2, -0.15) is 20.4 Å². The minimum Gasteiger partial charge on any atom is -0.380 e. The van der Waals surface area contributed by atoms with E-state index in [1.54, 1.807) is 73.9 Å². The largest absolute Gasteiger partial charge is 0.380 e. The monoisotopic (exact) mass is 1320 g/mol. The summed E-state index contributed by atoms with van der Waals surface area (Å²) in [6.07, 6.45) is 31.6. The van der Waals surface area contributed by atoms with E-state index in [0.29, 0.717) is 81.3 Å². The number of fused-ring (bicyclic) bond motifs is 4. The standard InChI is InChI=1S/C19H16FN5O2.C18H15FN4O2.C18H15FN4O.C16H13FN4O/c20-13-9-15-12(8-16(13)23-18(27)19(5-6-19)17(21)26)14(24-25-15)4-3-11-2-1-7-22-10-11;19-13-9-15-12(8-16(13)21-17(24)18(25)5-6-18)14(22-23-15)4-3-11-2-1-7-20-10-11;19-14-9-16-13(8-17(14)21-18(24)12-4-5-12)15(22-23-16)6-3-11-2-1-7-20-10-11;1-10(22)19-16-7-12-14(20-21-15(12)8-13(16)17)5-4-11-3-2-6-18-9-11/h1-4,7-10H,5-6H2,(H2,21,26)(H,23,27)(H,24,25);1-4,7-10,25H,5-6H2,(H,21,24)(H,22,23);1-3,6-10,12H,4-5H2,(H,21,24)(H,22,23);2-9H,1H3,(H,19,22)(H,20,21)/b2*4-3+;6-3+;5-4+. The van der Waals surface area contributed by atoms with Crippen molar-refractivity contribution in [1.29, 1.82) is 0 Å². The maximum Gasteiger partial charge on any atom is 0.256 e. The number of benzene rings is 4. The predicted molar refractivity (Wildman–Crippen MR) is 365 cm³/mol. The number of rotatable bonds is 16. The second-order valence-corrected chi connectivity index (χ2v) is 23.3. The molecule has 5 amide bonds. The lowest BCUT2D eigenvalue weighted by Crippen LogP contribution is -2.36. The first-order valence-corrected chi connectivity index (χ1v) is 30.7. The summed E-state index contributed by atoms with van der Waals surface area (Å²) in [5.74, 6) is -4.46. The molecular weight excluding hydrogens is 1260 g/mol. The molecule has 11 N–H and O–H groups in total. The lowest BCUT2D eigenvalue weighted by molar-refractivity contribution is -0.132. The molecule has 8 heterocycles. The molecule has 3 saturated carbocycles. The number of aromatic amines is 4. The Kier molecular flexibility index (Phi) is 19.0. The second-order valence-electron chi connectivity index (χ2n) is 23.3. The summed E-state index contributed by atoms with van der Waals surface area (Å²) in [7, 11) is 0. The van der Waals surface area contributed by atoms with Crippen LogP contribution in [0.15, 0.2) is 147 Å². The van der Waals surface area contributed by atoms with Gasteiger partial charge in [0.05, 0.1) is 67.6 Å². The minimum absolute atomic E-state index is 0.0162. The van der Waals surface area contributed by atoms with Crippen LogP contribution in [0.4, 0.5) is 40.3 Å². The Bertz CT molecular complexity index is 5100. The van der Waals surface area contributed by atoms with Gasteiger partial charge in [-0.1, -0.05) is 48.6 Å². The number of aliphatic hydroxyl groups is 1. The first-order valence-electron chi connectivity index (χ1n) is 30.7. The third-order valence-electron chi connectivity index (χ3n) is 16.0. The number of hydrogen-bond acceptors (Lipinski definition) is 14. The van der Waals surface area contributed by atoms with E-state index in [4.69, 9.17) is 5.73 Å². The van der Waals surface area contributed by atoms with Crippen molar-refractivity contribution in [2.24, 2.45) is 17.1 Å². The molecule has 0 saturated heterocycles. The molecule has 15 rings (SSSR count). The van der Waals surface area contributed by atoms with Gasteiger partial charge in [0.1, 0.15) is 34.3 Å². The molecule has 98 heavy (non-hydrogen) atoms. The van der Waals surface area contributed by atoms with Crippen LogP contribution in [0.2, 0.25) is 0 Å². The number of hydrogen-bond donors (Lipinski definition) is 10. The molecule has 4 aromatic carbocycles. The Morgan fingerprint density at radius 3 is 1.05 bits per heavy atom. The molecule has 0 atom stereocenters. The topological polar surface area (TPSA) is 346 Å². The first kappa shape index (κ1) is 65.4. The molecule has 23 nitrogen and oxygen atoms in total. The number of nitrogens with zero attached hydrogens (tertiary/aromatic N) is 8. The van der Waals surface area contributed by atoms with Gasteiger partial charge in [0.15, 0.2) is 0 Å². The van der Waals surface area contributed by atoms with Crippen LogP contribution in [0.25, 0.3) is 92.2 Å². The highest BCUT2D eigenvalue weighted by atomic mass is 19.1. The Balaban J connectivity index is 0.000000125. The predicted octanol–water partition coefficient (Wildman–Crippen LogP) is 12.0. The molecule has 0 bridgehead atoms. The molecule has 492 valence electrons. The van der Waals surface area contributed by atoms with Crippen LogP contribution in [-0.2, 0) is 24.0 Å². The third-order valence-corrected chi connectivity index (χ3v) is 16.0. The summed E-state index contributed by atoms with van der Waals surface area (Å²) >= 11 is 0. The lowest BCUT2D eigenvalue weighted by Gasteiger charge is -2.12. The van der Waals surface area contributed by atoms with E-state index >= 15 is 0 Å². The highest BCUT2D eigenvalue weighted by Crippen LogP contribution is 2.46. The van der Waals surface area contributed by atoms with Gasteiger partial charge in [0, 0.05) is 108 Å². The van der Waals surface area contributed by atoms with Gasteiger partial charge in [-0.15, -0.1) is 0 Å². The van der Waals surface area contributed by atoms with E-state index in [2.05, 4.69) is 82.0 Å². The Morgan fingerprint density at radius 2 is 0.776 bits per heavy atom. The van der Waals surface area contributed by atoms with E-state index in [0.717, 1.165) is 45.9 Å². The summed E-state index contributed by atoms with van der Waals surface area (Å²) in [5, 5.41) is 50.5. The lowest BCUT2D eigenvalue weighted by atomic mass is 10.1. The second kappa shape index (κ2) is 28.5. The average molecular weight is 1320 g/mol. The number of carbonyl (C=O) groups excluding carboxylic acids is 5. The van der Waals surface area contributed by atoms with Gasteiger partial charge in [-0.05, 0) is 134 Å². The van der Waals surface area contributed by atoms with E-state index < -0.39 is 52.0 Å². The molecule has 8 aromatic heterocycles. The number of H-pyrrole nitrogens is 4. The van der Waals surface area contributed by atoms with E-state index in [-0.39, 0.29) is 40.5 Å². The van der Waals surface area contributed by atoms with Crippen molar-refractivity contribution in [3.05, 3.63) is 215 Å². The van der Waals surface area contributed by atoms with Crippen LogP contribution in [0, 0.1) is 34.6 Å². The zero-order valence-electron chi connectivity index (χ0n) is 52.0. The number of anilines is 4. The van der Waals surface area contributed by atoms with Crippen molar-refractivity contribution in [3.8, 4) is 0 Å². The molecule has 27 heteroatoms. The number of pyridine rings is 4. The van der Waals surface area contributed by atoms with Gasteiger partial charge >= 0.3 is 0 Å². The quantitative estimate of drug-likeness (QED) is 0.0318. The van der Waals surface area contributed by atoms with E-state index in [1.165, 1.54) is 43.3 Å². The Morgan fingerprint density at radius 1 is 0.459 bits per heavy atom. The van der Waals surface area contributed by atoms with Gasteiger partial charge in [-0.25, -0.2) is 17.6 Å². The van der Waals surface area contributed by atoms with Gasteiger partial charge < -0.3 is 32.1 Å². The van der Waals surface area contributed by atoms with Crippen molar-refractivity contribution >= 4 is 145 Å². The maximum absolute atomic E-state index is 14.3. The van der Waals surface area contributed by atoms with Gasteiger partial charge in [-0.3, -0.25) is 64.3 Å². The maximum atomic E-state index is 14.3. The fourth-order valence-electron chi connectivity index (χ4n) is 10.0. The number of amides is 5. The minimum atomic E-state index is -1.36. The van der Waals surface area contributed by atoms with Crippen molar-refractivity contribution < 1.29 is 46.6 Å². The van der Waals surface area contributed by atoms with Crippen LogP contribution in [0.1, 0.15) is 90.5 Å². The highest BCUT2D eigenvalue weighted by Gasteiger charge is 2.55. The van der Waals surface area contributed by atoms with Crippen LogP contribution in [0.3, 0.4) is 0 Å². The highest BCUT2D eigenvalue weighted by molar-refractivity contribution is 6.13. The molecule has 12 aromatic rings. The Hall–Kier alpha value is -12.7. The van der Waals surface area contributed by atoms with Gasteiger partial charge in [0.2, 0.25) is 23.6 Å². The van der Waals surface area contributed by atoms with Crippen LogP contribution < -0.4 is 27.0 Å². The molecule has 0 aliphatic heterocycles. The fourth-order valence-corrected chi connectivity index (χ4v) is 10.0. The molecular formula is C71H59F4N17O6. The molecule has 0 unspecified atom stereocenters. The number of primary amides is 1. The summed E-state index contributed by atoms with van der Waals surface area (Å²) in [5.41, 5.74) is 11.4. The average Bonchev–Trinajstić information content (AvgIpc) is 1.61. The van der Waals surface area contributed by atoms with Crippen LogP contribution >= 0.6 is 0 Å². The van der Waals surface area contributed by atoms with Crippen molar-refractivity contribution in [2.45, 2.75) is 51.0 Å². The van der Waals surface area contributed by atoms with E-state index in [1.807, 2.05) is 85.0 Å². The van der Waals surface area contributed by atoms with Crippen molar-refractivity contribution in [3.63, 3.8) is 0 Å². The number of carbonyl (C=O) groups is 5. The molecule has 0 spiro atoms. The summed E-state index contributed by atoms with van der Waals surface area (Å²) in [6.45, 7) is 1.34. The number of halogens is 4. The SMILES string of the molecule is CC(=O)Nc1cc2c(/C=C/c3cccnc3)n[nH]c2cc1F.NC(=O)C1(C(=O)Nc2cc3c(/C=C/c4cccnc4)n[nH]c3cc2F)CC1.O=C(Nc1cc2c(/C=C/c3cccnc3)n[nH]c2cc1F)C1(O)CC1.O=C(Nc1cc2c(/C=C/c3cccnc3)n[nH]c2cc1F)C1CC1. The number of nitrogens with two attached hydrogens (primary N) is 1. The van der Waals surface area contributed by atoms with Crippen molar-refractivity contribution in [1.82, 2.24) is 60.7 Å². The summed E-state index contributed by atoms with van der Waals surface area (Å²) in [6, 6.07) is 26.4. The van der Waals surface area contributed by atoms with Crippen molar-refractivity contribution in [2.75, 3.05) is 21.3 Å². The number of nitrogens with one attached hydrogen (secondary N) is 8. The number of aromatic nitrogens is 12. The Labute approximate surface area is 553 Å².